The number of para-hydroxylation sites is 1. The van der Waals surface area contributed by atoms with E-state index in [9.17, 15) is 28.7 Å². The first kappa shape index (κ1) is 27.0. The van der Waals surface area contributed by atoms with E-state index in [1.165, 1.54) is 21.9 Å². The number of imide groups is 2. The smallest absolute Gasteiger partial charge is 0.241 e. The van der Waals surface area contributed by atoms with Crippen LogP contribution >= 0.6 is 0 Å². The summed E-state index contributed by atoms with van der Waals surface area (Å²) in [5.74, 6) is -6.19. The quantitative estimate of drug-likeness (QED) is 0.322. The van der Waals surface area contributed by atoms with E-state index in [4.69, 9.17) is 0 Å². The number of amides is 4. The van der Waals surface area contributed by atoms with Crippen LogP contribution < -0.4 is 9.80 Å². The number of rotatable bonds is 4. The van der Waals surface area contributed by atoms with Gasteiger partial charge in [-0.3, -0.25) is 24.1 Å². The molecule has 8 heteroatoms. The molecule has 2 aliphatic heterocycles. The van der Waals surface area contributed by atoms with E-state index in [0.29, 0.717) is 16.9 Å². The van der Waals surface area contributed by atoms with Crippen molar-refractivity contribution >= 4 is 41.1 Å². The molecule has 2 aliphatic carbocycles. The minimum atomic E-state index is -1.28. The lowest BCUT2D eigenvalue weighted by atomic mass is 9.51. The van der Waals surface area contributed by atoms with Crippen molar-refractivity contribution in [2.24, 2.45) is 29.1 Å². The van der Waals surface area contributed by atoms with Crippen molar-refractivity contribution in [2.45, 2.75) is 25.7 Å². The number of anilines is 2. The maximum atomic E-state index is 14.8. The van der Waals surface area contributed by atoms with Gasteiger partial charge in [-0.1, -0.05) is 60.7 Å². The van der Waals surface area contributed by atoms with Gasteiger partial charge in [0.15, 0.2) is 11.6 Å². The molecule has 43 heavy (non-hydrogen) atoms. The number of hydrogen-bond acceptors (Lipinski definition) is 5. The summed E-state index contributed by atoms with van der Waals surface area (Å²) in [7, 11) is 0. The fourth-order valence-corrected chi connectivity index (χ4v) is 7.94. The highest BCUT2D eigenvalue weighted by atomic mass is 19.1. The van der Waals surface area contributed by atoms with E-state index >= 15 is 0 Å². The van der Waals surface area contributed by atoms with Crippen molar-refractivity contribution in [1.29, 1.82) is 0 Å². The number of benzene rings is 3. The Kier molecular flexibility index (Phi) is 6.02. The van der Waals surface area contributed by atoms with Crippen molar-refractivity contribution in [3.05, 3.63) is 108 Å². The zero-order valence-corrected chi connectivity index (χ0v) is 23.4. The highest BCUT2D eigenvalue weighted by molar-refractivity contribution is 6.25. The second-order valence-corrected chi connectivity index (χ2v) is 12.0. The summed E-state index contributed by atoms with van der Waals surface area (Å²) < 4.78 is 14.8. The molecule has 4 aliphatic rings. The fourth-order valence-electron chi connectivity index (χ4n) is 7.94. The molecule has 1 saturated carbocycles. The number of hydrogen-bond donors (Lipinski definition) is 1. The van der Waals surface area contributed by atoms with Gasteiger partial charge in [0, 0.05) is 5.92 Å². The van der Waals surface area contributed by atoms with Crippen LogP contribution in [0.5, 0.6) is 5.75 Å². The SMILES string of the molecule is C=Cc1ccc(N2C(=O)[C@H]3[C@H](CC=C4[C@H]3C[C@H]3C(=O)N(c5ccccc5)C(=O)[C@@]3(C)[C@H]4c3ccc(O)c(F)c3)C2=O)cc1. The number of allylic oxidation sites excluding steroid dienone is 2. The summed E-state index contributed by atoms with van der Waals surface area (Å²) in [4.78, 5) is 58.7. The van der Waals surface area contributed by atoms with Gasteiger partial charge in [-0.05, 0) is 73.2 Å². The number of halogens is 1. The van der Waals surface area contributed by atoms with Gasteiger partial charge in [0.25, 0.3) is 0 Å². The normalized spacial score (nSPS) is 29.7. The first-order valence-corrected chi connectivity index (χ1v) is 14.4. The molecule has 0 unspecified atom stereocenters. The number of carbonyl (C=O) groups excluding carboxylic acids is 4. The molecule has 4 amide bonds. The molecule has 1 N–H and O–H groups in total. The number of phenols is 1. The standard InChI is InChI=1S/C35H29FN2O5/c1-3-19-9-12-22(13-10-19)37-31(40)24-15-14-23-25(29(24)33(37)42)18-26-32(41)38(21-7-5-4-6-8-21)34(43)35(26,2)30(23)20-11-16-28(39)27(36)17-20/h3-14,16-17,24-26,29-30,39H,1,15,18H2,2H3/t24-,25+,26-,29-,30-,35+/m0/s1. The third-order valence-corrected chi connectivity index (χ3v) is 9.98. The lowest BCUT2D eigenvalue weighted by molar-refractivity contribution is -0.131. The van der Waals surface area contributed by atoms with Crippen LogP contribution in [-0.4, -0.2) is 28.7 Å². The van der Waals surface area contributed by atoms with Crippen molar-refractivity contribution < 1.29 is 28.7 Å². The second kappa shape index (κ2) is 9.59. The third kappa shape index (κ3) is 3.72. The van der Waals surface area contributed by atoms with Crippen molar-refractivity contribution in [1.82, 2.24) is 0 Å². The van der Waals surface area contributed by atoms with Crippen molar-refractivity contribution in [3.63, 3.8) is 0 Å². The van der Waals surface area contributed by atoms with Crippen molar-refractivity contribution in [3.8, 4) is 5.75 Å². The van der Waals surface area contributed by atoms with Gasteiger partial charge in [0.05, 0.1) is 34.5 Å². The number of nitrogens with zero attached hydrogens (tertiary/aromatic N) is 2. The molecule has 3 aromatic rings. The Bertz CT molecular complexity index is 1750. The van der Waals surface area contributed by atoms with Gasteiger partial charge in [-0.25, -0.2) is 9.29 Å². The van der Waals surface area contributed by atoms with E-state index in [0.717, 1.165) is 11.1 Å². The molecule has 0 bridgehead atoms. The molecule has 0 spiro atoms. The van der Waals surface area contributed by atoms with E-state index < -0.39 is 52.5 Å². The van der Waals surface area contributed by atoms with Gasteiger partial charge in [0.1, 0.15) is 0 Å². The summed E-state index contributed by atoms with van der Waals surface area (Å²) in [5, 5.41) is 9.96. The maximum Gasteiger partial charge on any atom is 0.241 e. The Morgan fingerprint density at radius 3 is 2.26 bits per heavy atom. The van der Waals surface area contributed by atoms with Crippen LogP contribution in [0.3, 0.4) is 0 Å². The summed E-state index contributed by atoms with van der Waals surface area (Å²) in [6.45, 7) is 5.50. The number of carbonyl (C=O) groups is 4. The Morgan fingerprint density at radius 2 is 1.58 bits per heavy atom. The Labute approximate surface area is 247 Å². The van der Waals surface area contributed by atoms with Gasteiger partial charge in [0.2, 0.25) is 23.6 Å². The minimum Gasteiger partial charge on any atom is -0.505 e. The number of phenolic OH excluding ortho intramolecular Hbond substituents is 1. The first-order chi connectivity index (χ1) is 20.7. The molecular formula is C35H29FN2O5. The second-order valence-electron chi connectivity index (χ2n) is 12.0. The van der Waals surface area contributed by atoms with Crippen LogP contribution in [0.2, 0.25) is 0 Å². The predicted octanol–water partition coefficient (Wildman–Crippen LogP) is 5.61. The largest absolute Gasteiger partial charge is 0.505 e. The Balaban J connectivity index is 1.36. The van der Waals surface area contributed by atoms with Crippen LogP contribution in [0, 0.1) is 34.9 Å². The van der Waals surface area contributed by atoms with Crippen molar-refractivity contribution in [2.75, 3.05) is 9.80 Å². The molecule has 0 aromatic heterocycles. The summed E-state index contributed by atoms with van der Waals surface area (Å²) in [5.41, 5.74) is 1.67. The third-order valence-electron chi connectivity index (χ3n) is 9.98. The van der Waals surface area contributed by atoms with Crippen LogP contribution in [0.1, 0.15) is 36.8 Å². The molecule has 2 saturated heterocycles. The summed E-state index contributed by atoms with van der Waals surface area (Å²) in [6.07, 6.45) is 4.08. The van der Waals surface area contributed by atoms with E-state index in [2.05, 4.69) is 6.58 Å². The van der Waals surface area contributed by atoms with Crippen LogP contribution in [0.25, 0.3) is 6.08 Å². The Morgan fingerprint density at radius 1 is 0.884 bits per heavy atom. The topological polar surface area (TPSA) is 95.0 Å². The van der Waals surface area contributed by atoms with Gasteiger partial charge in [-0.15, -0.1) is 0 Å². The summed E-state index contributed by atoms with van der Waals surface area (Å²) in [6, 6.07) is 19.7. The lowest BCUT2D eigenvalue weighted by Crippen LogP contribution is -2.48. The molecule has 7 rings (SSSR count). The lowest BCUT2D eigenvalue weighted by Gasteiger charge is -2.49. The number of fused-ring (bicyclic) bond motifs is 4. The molecule has 7 nitrogen and oxygen atoms in total. The first-order valence-electron chi connectivity index (χ1n) is 14.4. The maximum absolute atomic E-state index is 14.8. The highest BCUT2D eigenvalue weighted by Crippen LogP contribution is 2.63. The van der Waals surface area contributed by atoms with Gasteiger partial charge >= 0.3 is 0 Å². The molecule has 216 valence electrons. The zero-order chi connectivity index (χ0) is 30.2. The van der Waals surface area contributed by atoms with Gasteiger partial charge < -0.3 is 5.11 Å². The van der Waals surface area contributed by atoms with Crippen LogP contribution in [0.4, 0.5) is 15.8 Å². The zero-order valence-electron chi connectivity index (χ0n) is 23.4. The summed E-state index contributed by atoms with van der Waals surface area (Å²) >= 11 is 0. The molecule has 0 radical (unpaired) electrons. The minimum absolute atomic E-state index is 0.205. The van der Waals surface area contributed by atoms with Crippen LogP contribution in [0.15, 0.2) is 91.0 Å². The number of aromatic hydroxyl groups is 1. The molecular weight excluding hydrogens is 547 g/mol. The molecule has 6 atom stereocenters. The van der Waals surface area contributed by atoms with E-state index in [1.807, 2.05) is 6.08 Å². The van der Waals surface area contributed by atoms with Crippen LogP contribution in [-0.2, 0) is 19.2 Å². The van der Waals surface area contributed by atoms with E-state index in [-0.39, 0.29) is 30.6 Å². The average Bonchev–Trinajstić information content (AvgIpc) is 3.38. The molecule has 3 aromatic carbocycles. The highest BCUT2D eigenvalue weighted by Gasteiger charge is 2.67. The monoisotopic (exact) mass is 576 g/mol. The predicted molar refractivity (Wildman–Crippen MR) is 158 cm³/mol. The average molecular weight is 577 g/mol. The molecule has 2 heterocycles. The Hall–Kier alpha value is -4.85. The van der Waals surface area contributed by atoms with Gasteiger partial charge in [-0.2, -0.15) is 0 Å². The fraction of sp³-hybridized carbons (Fsp3) is 0.257. The molecule has 3 fully saturated rings. The van der Waals surface area contributed by atoms with E-state index in [1.54, 1.807) is 73.7 Å².